The van der Waals surface area contributed by atoms with Gasteiger partial charge in [0.2, 0.25) is 0 Å². The van der Waals surface area contributed by atoms with Crippen molar-refractivity contribution in [3.63, 3.8) is 0 Å². The zero-order valence-electron chi connectivity index (χ0n) is 17.1. The Balaban J connectivity index is 0.000000260. The predicted octanol–water partition coefficient (Wildman–Crippen LogP) is 7.11. The number of hydrogen-bond acceptors (Lipinski definition) is 2. The summed E-state index contributed by atoms with van der Waals surface area (Å²) in [6, 6.07) is 10.7. The summed E-state index contributed by atoms with van der Waals surface area (Å²) in [4.78, 5) is 10.2. The second kappa shape index (κ2) is 13.3. The van der Waals surface area contributed by atoms with Gasteiger partial charge in [-0.15, -0.1) is 0 Å². The third-order valence-corrected chi connectivity index (χ3v) is 15.3. The smallest absolute Gasteiger partial charge is 0.119 e. The number of unbranched alkanes of at least 4 members (excludes halogenated alkanes) is 2. The maximum Gasteiger partial charge on any atom is 0.119 e. The van der Waals surface area contributed by atoms with Crippen LogP contribution in [0.5, 0.6) is 0 Å². The van der Waals surface area contributed by atoms with Gasteiger partial charge in [0, 0.05) is 12.8 Å². The summed E-state index contributed by atoms with van der Waals surface area (Å²) in [5.74, 6) is 0. The van der Waals surface area contributed by atoms with E-state index >= 15 is 0 Å². The number of nitrogens with zero attached hydrogens (tertiary/aromatic N) is 1. The van der Waals surface area contributed by atoms with Gasteiger partial charge in [0.15, 0.2) is 0 Å². The number of rotatable bonds is 7. The lowest BCUT2D eigenvalue weighted by atomic mass is 10.4. The molecule has 2 aliphatic heterocycles. The van der Waals surface area contributed by atoms with E-state index in [0.29, 0.717) is 0 Å². The van der Waals surface area contributed by atoms with E-state index in [4.69, 9.17) is 5.26 Å². The predicted molar refractivity (Wildman–Crippen MR) is 119 cm³/mol. The average molecular weight is 390 g/mol. The summed E-state index contributed by atoms with van der Waals surface area (Å²) < 4.78 is 0. The molecule has 0 aromatic carbocycles. The molecule has 0 aliphatic carbocycles. The first-order chi connectivity index (χ1) is 12.5. The lowest BCUT2D eigenvalue weighted by Crippen LogP contribution is -2.28. The van der Waals surface area contributed by atoms with E-state index in [9.17, 15) is 4.79 Å². The zero-order valence-corrected chi connectivity index (χ0v) is 19.1. The van der Waals surface area contributed by atoms with Crippen LogP contribution in [0.1, 0.15) is 51.4 Å². The Morgan fingerprint density at radius 2 is 1.27 bits per heavy atom. The summed E-state index contributed by atoms with van der Waals surface area (Å²) in [5.41, 5.74) is 0. The Bertz CT molecular complexity index is 473. The van der Waals surface area contributed by atoms with Crippen molar-refractivity contribution in [3.8, 4) is 6.07 Å². The molecular formula is C22H39NOSi2. The van der Waals surface area contributed by atoms with E-state index < -0.39 is 16.1 Å². The Labute approximate surface area is 163 Å². The van der Waals surface area contributed by atoms with Crippen molar-refractivity contribution in [3.05, 3.63) is 24.3 Å². The minimum absolute atomic E-state index is 0.760. The van der Waals surface area contributed by atoms with Crippen LogP contribution in [-0.4, -0.2) is 22.4 Å². The van der Waals surface area contributed by atoms with Gasteiger partial charge in [0.1, 0.15) is 6.29 Å². The third-order valence-electron chi connectivity index (χ3n) is 6.16. The molecule has 0 spiro atoms. The number of hydrogen-bond donors (Lipinski definition) is 0. The molecule has 26 heavy (non-hydrogen) atoms. The second-order valence-corrected chi connectivity index (χ2v) is 19.0. The molecule has 0 aromatic heterocycles. The van der Waals surface area contributed by atoms with Crippen LogP contribution in [0.15, 0.2) is 24.3 Å². The first kappa shape index (κ1) is 23.1. The van der Waals surface area contributed by atoms with Crippen LogP contribution in [0.4, 0.5) is 0 Å². The normalized spacial score (nSPS) is 20.8. The van der Waals surface area contributed by atoms with Gasteiger partial charge in [0.05, 0.1) is 22.2 Å². The number of allylic oxidation sites excluding steroid dienone is 4. The highest BCUT2D eigenvalue weighted by Crippen LogP contribution is 2.30. The topological polar surface area (TPSA) is 40.9 Å². The molecule has 0 saturated heterocycles. The van der Waals surface area contributed by atoms with Crippen molar-refractivity contribution < 1.29 is 4.79 Å². The highest BCUT2D eigenvalue weighted by Gasteiger charge is 2.26. The second-order valence-electron chi connectivity index (χ2n) is 8.79. The molecule has 2 aliphatic rings. The fourth-order valence-electron chi connectivity index (χ4n) is 4.15. The zero-order chi connectivity index (χ0) is 19.1. The molecule has 0 aromatic rings. The summed E-state index contributed by atoms with van der Waals surface area (Å²) in [5, 5.41) is 8.49. The molecule has 0 N–H and O–H groups in total. The van der Waals surface area contributed by atoms with Crippen molar-refractivity contribution in [1.82, 2.24) is 0 Å². The molecule has 0 saturated carbocycles. The van der Waals surface area contributed by atoms with Crippen LogP contribution in [0.25, 0.3) is 0 Å². The molecule has 0 unspecified atom stereocenters. The van der Waals surface area contributed by atoms with Crippen LogP contribution in [0.3, 0.4) is 0 Å². The van der Waals surface area contributed by atoms with E-state index in [2.05, 4.69) is 43.5 Å². The molecular weight excluding hydrogens is 350 g/mol. The molecule has 0 radical (unpaired) electrons. The molecule has 0 fully saturated rings. The van der Waals surface area contributed by atoms with Gasteiger partial charge in [0.25, 0.3) is 0 Å². The van der Waals surface area contributed by atoms with E-state index in [1.165, 1.54) is 61.9 Å². The van der Waals surface area contributed by atoms with Crippen LogP contribution >= 0.6 is 0 Å². The molecule has 0 amide bonds. The molecule has 0 atom stereocenters. The van der Waals surface area contributed by atoms with Gasteiger partial charge < -0.3 is 4.79 Å². The van der Waals surface area contributed by atoms with E-state index in [1.807, 2.05) is 0 Å². The SMILES string of the molecule is C[Si]1(CCCC#N)CCC=CCC1.C[Si]1(CCCC=O)CCC=CCC1. The van der Waals surface area contributed by atoms with Gasteiger partial charge in [-0.25, -0.2) is 0 Å². The molecule has 2 heterocycles. The monoisotopic (exact) mass is 389 g/mol. The Kier molecular flexibility index (Phi) is 11.8. The minimum atomic E-state index is -0.946. The number of carbonyl (C=O) groups is 1. The van der Waals surface area contributed by atoms with Crippen LogP contribution in [-0.2, 0) is 4.79 Å². The van der Waals surface area contributed by atoms with Gasteiger partial charge in [-0.2, -0.15) is 5.26 Å². The van der Waals surface area contributed by atoms with Crippen molar-refractivity contribution >= 4 is 22.4 Å². The summed E-state index contributed by atoms with van der Waals surface area (Å²) in [7, 11) is -1.88. The molecule has 2 rings (SSSR count). The highest BCUT2D eigenvalue weighted by molar-refractivity contribution is 6.79. The number of carbonyl (C=O) groups excluding carboxylic acids is 1. The fourth-order valence-corrected chi connectivity index (χ4v) is 11.2. The standard InChI is InChI=1S/C11H19NSi.C11H20OSi/c2*1-13(11-7-4-8-12)9-5-2-3-6-10-13/h2-3H,4-7,9-11H2,1H3;2-3,8H,4-7,9-11H2,1H3. The van der Waals surface area contributed by atoms with Crippen molar-refractivity contribution in [1.29, 1.82) is 5.26 Å². The summed E-state index contributed by atoms with van der Waals surface area (Å²) in [6.07, 6.45) is 19.3. The van der Waals surface area contributed by atoms with E-state index in [0.717, 1.165) is 32.0 Å². The van der Waals surface area contributed by atoms with Gasteiger partial charge >= 0.3 is 0 Å². The molecule has 4 heteroatoms. The quantitative estimate of drug-likeness (QED) is 0.201. The Morgan fingerprint density at radius 3 is 1.65 bits per heavy atom. The average Bonchev–Trinajstić information content (AvgIpc) is 2.97. The van der Waals surface area contributed by atoms with Gasteiger partial charge in [-0.3, -0.25) is 0 Å². The Hall–Kier alpha value is -0.926. The van der Waals surface area contributed by atoms with E-state index in [-0.39, 0.29) is 0 Å². The minimum Gasteiger partial charge on any atom is -0.303 e. The maximum absolute atomic E-state index is 10.2. The first-order valence-corrected chi connectivity index (χ1v) is 16.9. The Morgan fingerprint density at radius 1 is 0.846 bits per heavy atom. The maximum atomic E-state index is 10.2. The summed E-state index contributed by atoms with van der Waals surface area (Å²) in [6.45, 7) is 5.02. The third kappa shape index (κ3) is 10.3. The van der Waals surface area contributed by atoms with E-state index in [1.54, 1.807) is 0 Å². The van der Waals surface area contributed by atoms with Gasteiger partial charge in [-0.05, 0) is 38.5 Å². The van der Waals surface area contributed by atoms with Crippen molar-refractivity contribution in [2.45, 2.75) is 101 Å². The van der Waals surface area contributed by atoms with Crippen molar-refractivity contribution in [2.24, 2.45) is 0 Å². The number of nitriles is 1. The first-order valence-electron chi connectivity index (χ1n) is 10.6. The van der Waals surface area contributed by atoms with Crippen LogP contribution in [0.2, 0.25) is 49.4 Å². The number of aldehydes is 1. The molecule has 0 bridgehead atoms. The van der Waals surface area contributed by atoms with Crippen molar-refractivity contribution in [2.75, 3.05) is 0 Å². The summed E-state index contributed by atoms with van der Waals surface area (Å²) >= 11 is 0. The van der Waals surface area contributed by atoms with Crippen LogP contribution < -0.4 is 0 Å². The fraction of sp³-hybridized carbons (Fsp3) is 0.727. The molecule has 146 valence electrons. The lowest BCUT2D eigenvalue weighted by Gasteiger charge is -2.25. The molecule has 2 nitrogen and oxygen atoms in total. The highest BCUT2D eigenvalue weighted by atomic mass is 28.3. The largest absolute Gasteiger partial charge is 0.303 e. The van der Waals surface area contributed by atoms with Crippen LogP contribution in [0, 0.1) is 11.3 Å². The van der Waals surface area contributed by atoms with Gasteiger partial charge in [-0.1, -0.05) is 73.7 Å². The lowest BCUT2D eigenvalue weighted by molar-refractivity contribution is -0.107.